The molecular weight excluding hydrogens is 400 g/mol. The van der Waals surface area contributed by atoms with Gasteiger partial charge >= 0.3 is 0 Å². The molecule has 2 aromatic carbocycles. The standard InChI is InChI=1S/C26H26N4O2/c1-26(2)11-10-21-22(13-26)28-29-23(21)18-8-9-20-19(12-18)15-30(25(20)32)14-16-4-6-17(7-5-16)24(31)27-3/h4-9,12H,3,10-11,13-15H2,1-2H3,(H,28,29). The first kappa shape index (κ1) is 20.4. The van der Waals surface area contributed by atoms with Crippen molar-refractivity contribution in [1.82, 2.24) is 15.1 Å². The van der Waals surface area contributed by atoms with Crippen molar-refractivity contribution < 1.29 is 9.59 Å². The van der Waals surface area contributed by atoms with Gasteiger partial charge in [-0.1, -0.05) is 32.0 Å². The molecule has 162 valence electrons. The van der Waals surface area contributed by atoms with Crippen LogP contribution in [-0.4, -0.2) is 33.6 Å². The lowest BCUT2D eigenvalue weighted by molar-refractivity contribution is 0.0766. The molecule has 0 fully saturated rings. The van der Waals surface area contributed by atoms with Crippen LogP contribution in [0, 0.1) is 5.41 Å². The topological polar surface area (TPSA) is 78.4 Å². The number of nitrogens with zero attached hydrogens (tertiary/aromatic N) is 3. The molecule has 6 nitrogen and oxygen atoms in total. The van der Waals surface area contributed by atoms with Crippen molar-refractivity contribution in [2.75, 3.05) is 0 Å². The Kier molecular flexibility index (Phi) is 4.81. The number of aromatic amines is 1. The van der Waals surface area contributed by atoms with Crippen LogP contribution >= 0.6 is 0 Å². The molecule has 0 saturated heterocycles. The summed E-state index contributed by atoms with van der Waals surface area (Å²) in [4.78, 5) is 29.8. The Hall–Kier alpha value is -3.54. The van der Waals surface area contributed by atoms with Crippen molar-refractivity contribution >= 4 is 18.5 Å². The minimum Gasteiger partial charge on any atom is -0.330 e. The normalized spacial score (nSPS) is 16.6. The predicted octanol–water partition coefficient (Wildman–Crippen LogP) is 4.59. The van der Waals surface area contributed by atoms with E-state index < -0.39 is 0 Å². The molecule has 0 radical (unpaired) electrons. The summed E-state index contributed by atoms with van der Waals surface area (Å²) >= 11 is 0. The number of benzene rings is 2. The van der Waals surface area contributed by atoms with Gasteiger partial charge in [0.15, 0.2) is 0 Å². The van der Waals surface area contributed by atoms with Crippen molar-refractivity contribution in [3.8, 4) is 11.3 Å². The number of amides is 2. The highest BCUT2D eigenvalue weighted by molar-refractivity contribution is 5.99. The summed E-state index contributed by atoms with van der Waals surface area (Å²) in [6.45, 7) is 8.93. The van der Waals surface area contributed by atoms with E-state index in [4.69, 9.17) is 0 Å². The van der Waals surface area contributed by atoms with Crippen LogP contribution in [0.15, 0.2) is 47.5 Å². The zero-order valence-corrected chi connectivity index (χ0v) is 18.4. The molecule has 1 aliphatic heterocycles. The Bertz CT molecular complexity index is 1240. The van der Waals surface area contributed by atoms with Gasteiger partial charge in [0.25, 0.3) is 11.8 Å². The number of nitrogens with one attached hydrogen (secondary N) is 1. The molecule has 2 amide bonds. The van der Waals surface area contributed by atoms with E-state index in [1.54, 1.807) is 12.1 Å². The number of hydrogen-bond donors (Lipinski definition) is 1. The summed E-state index contributed by atoms with van der Waals surface area (Å²) in [6, 6.07) is 13.2. The van der Waals surface area contributed by atoms with E-state index in [1.165, 1.54) is 11.3 Å². The summed E-state index contributed by atoms with van der Waals surface area (Å²) in [5.74, 6) is -0.317. The van der Waals surface area contributed by atoms with Gasteiger partial charge in [0.1, 0.15) is 0 Å². The van der Waals surface area contributed by atoms with Crippen LogP contribution in [0.3, 0.4) is 0 Å². The first-order chi connectivity index (χ1) is 15.3. The van der Waals surface area contributed by atoms with Crippen molar-refractivity contribution in [3.05, 3.63) is 76.0 Å². The molecule has 5 rings (SSSR count). The van der Waals surface area contributed by atoms with E-state index in [2.05, 4.69) is 41.8 Å². The molecule has 32 heavy (non-hydrogen) atoms. The lowest BCUT2D eigenvalue weighted by Gasteiger charge is -2.29. The third-order valence-corrected chi connectivity index (χ3v) is 6.64. The van der Waals surface area contributed by atoms with Crippen LogP contribution in [0.4, 0.5) is 0 Å². The second-order valence-electron chi connectivity index (χ2n) is 9.56. The predicted molar refractivity (Wildman–Crippen MR) is 124 cm³/mol. The first-order valence-corrected chi connectivity index (χ1v) is 10.9. The van der Waals surface area contributed by atoms with E-state index >= 15 is 0 Å². The molecular formula is C26H26N4O2. The molecule has 0 atom stereocenters. The summed E-state index contributed by atoms with van der Waals surface area (Å²) in [5, 5.41) is 7.88. The number of carbonyl (C=O) groups excluding carboxylic acids is 2. The number of fused-ring (bicyclic) bond motifs is 2. The fourth-order valence-corrected chi connectivity index (χ4v) is 4.81. The third kappa shape index (κ3) is 3.55. The lowest BCUT2D eigenvalue weighted by Crippen LogP contribution is -2.23. The fourth-order valence-electron chi connectivity index (χ4n) is 4.81. The average Bonchev–Trinajstić information content (AvgIpc) is 3.33. The van der Waals surface area contributed by atoms with E-state index in [1.807, 2.05) is 29.2 Å². The fraction of sp³-hybridized carbons (Fsp3) is 0.308. The maximum Gasteiger partial charge on any atom is 0.276 e. The molecule has 2 aliphatic rings. The monoisotopic (exact) mass is 426 g/mol. The average molecular weight is 427 g/mol. The minimum absolute atomic E-state index is 0.0327. The van der Waals surface area contributed by atoms with Gasteiger partial charge in [-0.3, -0.25) is 14.7 Å². The van der Waals surface area contributed by atoms with Crippen molar-refractivity contribution in [3.63, 3.8) is 0 Å². The largest absolute Gasteiger partial charge is 0.330 e. The molecule has 1 aliphatic carbocycles. The number of carbonyl (C=O) groups is 2. The van der Waals surface area contributed by atoms with Crippen LogP contribution in [-0.2, 0) is 25.9 Å². The quantitative estimate of drug-likeness (QED) is 0.620. The van der Waals surface area contributed by atoms with Crippen LogP contribution in [0.1, 0.15) is 63.4 Å². The van der Waals surface area contributed by atoms with E-state index in [0.29, 0.717) is 24.1 Å². The van der Waals surface area contributed by atoms with Gasteiger partial charge in [-0.15, -0.1) is 0 Å². The maximum absolute atomic E-state index is 13.0. The van der Waals surface area contributed by atoms with Gasteiger partial charge in [-0.05, 0) is 66.8 Å². The zero-order valence-electron chi connectivity index (χ0n) is 18.4. The van der Waals surface area contributed by atoms with Crippen LogP contribution in [0.25, 0.3) is 11.3 Å². The van der Waals surface area contributed by atoms with Crippen molar-refractivity contribution in [1.29, 1.82) is 0 Å². The summed E-state index contributed by atoms with van der Waals surface area (Å²) in [7, 11) is 0. The zero-order chi connectivity index (χ0) is 22.5. The number of hydrogen-bond acceptors (Lipinski definition) is 3. The van der Waals surface area contributed by atoms with E-state index in [-0.39, 0.29) is 11.8 Å². The molecule has 6 heteroatoms. The first-order valence-electron chi connectivity index (χ1n) is 10.9. The molecule has 3 aromatic rings. The summed E-state index contributed by atoms with van der Waals surface area (Å²) in [5.41, 5.74) is 8.18. The maximum atomic E-state index is 13.0. The van der Waals surface area contributed by atoms with Crippen molar-refractivity contribution in [2.24, 2.45) is 10.4 Å². The van der Waals surface area contributed by atoms with E-state index in [0.717, 1.165) is 47.2 Å². The number of H-pyrrole nitrogens is 1. The van der Waals surface area contributed by atoms with E-state index in [9.17, 15) is 9.59 Å². The molecule has 2 heterocycles. The van der Waals surface area contributed by atoms with Crippen molar-refractivity contribution in [2.45, 2.75) is 46.2 Å². The highest BCUT2D eigenvalue weighted by atomic mass is 16.2. The molecule has 0 unspecified atom stereocenters. The molecule has 1 aromatic heterocycles. The lowest BCUT2D eigenvalue weighted by atomic mass is 9.76. The molecule has 0 bridgehead atoms. The van der Waals surface area contributed by atoms with Crippen LogP contribution in [0.2, 0.25) is 0 Å². The smallest absolute Gasteiger partial charge is 0.276 e. The van der Waals surface area contributed by atoms with Gasteiger partial charge in [0.05, 0.1) is 5.69 Å². The highest BCUT2D eigenvalue weighted by Crippen LogP contribution is 2.38. The van der Waals surface area contributed by atoms with Gasteiger partial charge in [-0.2, -0.15) is 5.10 Å². The second-order valence-corrected chi connectivity index (χ2v) is 9.56. The van der Waals surface area contributed by atoms with Gasteiger partial charge in [0, 0.05) is 41.0 Å². The second kappa shape index (κ2) is 7.55. The molecule has 0 spiro atoms. The van der Waals surface area contributed by atoms with Gasteiger partial charge in [-0.25, -0.2) is 4.99 Å². The third-order valence-electron chi connectivity index (χ3n) is 6.64. The number of aromatic nitrogens is 2. The number of aliphatic imine (C=N–C) groups is 1. The Balaban J connectivity index is 1.36. The summed E-state index contributed by atoms with van der Waals surface area (Å²) < 4.78 is 0. The Labute approximate surface area is 187 Å². The Morgan fingerprint density at radius 2 is 2.00 bits per heavy atom. The SMILES string of the molecule is C=NC(=O)c1ccc(CN2Cc3cc(-c4n[nH]c5c4CCC(C)(C)C5)ccc3C2=O)cc1. The molecule has 0 saturated carbocycles. The number of rotatable bonds is 4. The van der Waals surface area contributed by atoms with Gasteiger partial charge < -0.3 is 4.90 Å². The minimum atomic E-state index is -0.349. The Morgan fingerprint density at radius 1 is 1.22 bits per heavy atom. The summed E-state index contributed by atoms with van der Waals surface area (Å²) in [6.07, 6.45) is 3.19. The van der Waals surface area contributed by atoms with Crippen LogP contribution < -0.4 is 0 Å². The van der Waals surface area contributed by atoms with Crippen LogP contribution in [0.5, 0.6) is 0 Å². The van der Waals surface area contributed by atoms with Gasteiger partial charge in [0.2, 0.25) is 0 Å². The molecule has 1 N–H and O–H groups in total. The highest BCUT2D eigenvalue weighted by Gasteiger charge is 2.31. The Morgan fingerprint density at radius 3 is 2.75 bits per heavy atom.